The van der Waals surface area contributed by atoms with E-state index in [4.69, 9.17) is 10.1 Å². The van der Waals surface area contributed by atoms with Crippen LogP contribution in [0.4, 0.5) is 5.82 Å². The van der Waals surface area contributed by atoms with Gasteiger partial charge in [-0.25, -0.2) is 9.97 Å². The molecule has 1 atom stereocenters. The van der Waals surface area contributed by atoms with Gasteiger partial charge in [-0.1, -0.05) is 18.2 Å². The summed E-state index contributed by atoms with van der Waals surface area (Å²) in [6.07, 6.45) is 4.19. The van der Waals surface area contributed by atoms with Crippen molar-refractivity contribution in [3.63, 3.8) is 0 Å². The Morgan fingerprint density at radius 1 is 1.18 bits per heavy atom. The topological polar surface area (TPSA) is 117 Å². The third-order valence-corrected chi connectivity index (χ3v) is 4.62. The molecule has 4 rings (SSSR count). The minimum absolute atomic E-state index is 0.250. The fourth-order valence-electron chi connectivity index (χ4n) is 3.26. The van der Waals surface area contributed by atoms with Crippen molar-refractivity contribution in [2.75, 3.05) is 18.4 Å². The molecule has 0 saturated carbocycles. The lowest BCUT2D eigenvalue weighted by Gasteiger charge is -2.24. The minimum atomic E-state index is 0.250. The molecule has 1 unspecified atom stereocenters. The van der Waals surface area contributed by atoms with E-state index < -0.39 is 0 Å². The Balaban J connectivity index is 0.000000706. The maximum Gasteiger partial charge on any atom is 0.204 e. The van der Waals surface area contributed by atoms with Gasteiger partial charge in [0.1, 0.15) is 12.1 Å². The maximum atomic E-state index is 8.95. The number of nitrogens with one attached hydrogen (secondary N) is 2. The van der Waals surface area contributed by atoms with Crippen molar-refractivity contribution >= 4 is 23.1 Å². The van der Waals surface area contributed by atoms with E-state index in [9.17, 15) is 0 Å². The number of carbonyl (C=O) groups is 1. The number of amides is 1. The molecule has 0 aliphatic carbocycles. The smallest absolute Gasteiger partial charge is 0.204 e. The highest BCUT2D eigenvalue weighted by molar-refractivity contribution is 5.92. The molecule has 2 heterocycles. The van der Waals surface area contributed by atoms with Crippen LogP contribution in [0.15, 0.2) is 48.8 Å². The maximum absolute atomic E-state index is 8.95. The number of rotatable bonds is 3. The lowest BCUT2D eigenvalue weighted by atomic mass is 10.0. The van der Waals surface area contributed by atoms with E-state index in [1.807, 2.05) is 30.3 Å². The third kappa shape index (κ3) is 4.61. The first-order valence-corrected chi connectivity index (χ1v) is 9.13. The summed E-state index contributed by atoms with van der Waals surface area (Å²) in [7, 11) is 0. The van der Waals surface area contributed by atoms with Gasteiger partial charge in [-0.2, -0.15) is 5.26 Å². The van der Waals surface area contributed by atoms with Gasteiger partial charge in [-0.15, -0.1) is 0 Å². The summed E-state index contributed by atoms with van der Waals surface area (Å²) in [6, 6.07) is 16.4. The summed E-state index contributed by atoms with van der Waals surface area (Å²) in [4.78, 5) is 17.4. The number of nitrogens with two attached hydrogens (primary N) is 1. The monoisotopic (exact) mass is 374 g/mol. The van der Waals surface area contributed by atoms with Crippen LogP contribution < -0.4 is 16.4 Å². The van der Waals surface area contributed by atoms with Gasteiger partial charge >= 0.3 is 0 Å². The van der Waals surface area contributed by atoms with Gasteiger partial charge in [0, 0.05) is 18.0 Å². The summed E-state index contributed by atoms with van der Waals surface area (Å²) in [5, 5.41) is 17.0. The van der Waals surface area contributed by atoms with Crippen molar-refractivity contribution in [2.24, 2.45) is 5.73 Å². The van der Waals surface area contributed by atoms with Crippen LogP contribution in [-0.4, -0.2) is 35.5 Å². The lowest BCUT2D eigenvalue weighted by molar-refractivity contribution is -0.106. The molecule has 28 heavy (non-hydrogen) atoms. The van der Waals surface area contributed by atoms with E-state index in [0.717, 1.165) is 47.4 Å². The van der Waals surface area contributed by atoms with Gasteiger partial charge in [0.25, 0.3) is 0 Å². The second-order valence-electron chi connectivity index (χ2n) is 6.47. The Kier molecular flexibility index (Phi) is 6.50. The Labute approximate surface area is 163 Å². The zero-order chi connectivity index (χ0) is 19.8. The number of hydrogen-bond acceptors (Lipinski definition) is 6. The van der Waals surface area contributed by atoms with Crippen LogP contribution in [-0.2, 0) is 4.79 Å². The average molecular weight is 374 g/mol. The van der Waals surface area contributed by atoms with Crippen LogP contribution in [0.3, 0.4) is 0 Å². The molecule has 4 N–H and O–H groups in total. The minimum Gasteiger partial charge on any atom is -0.372 e. The SMILES string of the molecule is N#Cc1ccc(-c2ccc3ncnc(NC4CCCNC4)c3c2)cc1.NC=O. The second kappa shape index (κ2) is 9.44. The normalized spacial score (nSPS) is 15.8. The van der Waals surface area contributed by atoms with Gasteiger partial charge in [0.15, 0.2) is 0 Å². The second-order valence-corrected chi connectivity index (χ2v) is 6.47. The van der Waals surface area contributed by atoms with Crippen LogP contribution in [0.2, 0.25) is 0 Å². The molecule has 2 aromatic carbocycles. The molecule has 7 heteroatoms. The molecule has 0 spiro atoms. The number of nitriles is 1. The quantitative estimate of drug-likeness (QED) is 0.606. The number of carbonyl (C=O) groups excluding carboxylic acids is 1. The van der Waals surface area contributed by atoms with E-state index in [-0.39, 0.29) is 6.41 Å². The summed E-state index contributed by atoms with van der Waals surface area (Å²) >= 11 is 0. The Morgan fingerprint density at radius 3 is 2.61 bits per heavy atom. The predicted molar refractivity (Wildman–Crippen MR) is 109 cm³/mol. The highest BCUT2D eigenvalue weighted by atomic mass is 16.1. The molecule has 0 bridgehead atoms. The summed E-state index contributed by atoms with van der Waals surface area (Å²) in [6.45, 7) is 2.05. The predicted octanol–water partition coefficient (Wildman–Crippen LogP) is 2.43. The van der Waals surface area contributed by atoms with Crippen LogP contribution in [0.5, 0.6) is 0 Å². The van der Waals surface area contributed by atoms with E-state index >= 15 is 0 Å². The number of nitrogens with zero attached hydrogens (tertiary/aromatic N) is 3. The molecule has 1 amide bonds. The molecule has 3 aromatic rings. The molecule has 0 radical (unpaired) electrons. The summed E-state index contributed by atoms with van der Waals surface area (Å²) < 4.78 is 0. The van der Waals surface area contributed by atoms with Gasteiger partial charge in [0.05, 0.1) is 17.1 Å². The number of primary amides is 1. The molecule has 1 saturated heterocycles. The van der Waals surface area contributed by atoms with Crippen molar-refractivity contribution in [1.29, 1.82) is 5.26 Å². The number of anilines is 1. The number of piperidine rings is 1. The average Bonchev–Trinajstić information content (AvgIpc) is 2.75. The fourth-order valence-corrected chi connectivity index (χ4v) is 3.26. The van der Waals surface area contributed by atoms with Crippen molar-refractivity contribution in [3.8, 4) is 17.2 Å². The van der Waals surface area contributed by atoms with Crippen LogP contribution >= 0.6 is 0 Å². The molecule has 1 aromatic heterocycles. The Bertz CT molecular complexity index is 974. The van der Waals surface area contributed by atoms with Crippen LogP contribution in [0.1, 0.15) is 18.4 Å². The molecule has 7 nitrogen and oxygen atoms in total. The Hall–Kier alpha value is -3.50. The zero-order valence-corrected chi connectivity index (χ0v) is 15.4. The highest BCUT2D eigenvalue weighted by Crippen LogP contribution is 2.27. The van der Waals surface area contributed by atoms with Crippen molar-refractivity contribution in [2.45, 2.75) is 18.9 Å². The fraction of sp³-hybridized carbons (Fsp3) is 0.238. The first-order valence-electron chi connectivity index (χ1n) is 9.13. The molecule has 1 fully saturated rings. The van der Waals surface area contributed by atoms with Crippen LogP contribution in [0.25, 0.3) is 22.0 Å². The number of benzene rings is 2. The van der Waals surface area contributed by atoms with Crippen molar-refractivity contribution < 1.29 is 4.79 Å². The lowest BCUT2D eigenvalue weighted by Crippen LogP contribution is -2.38. The van der Waals surface area contributed by atoms with E-state index in [1.54, 1.807) is 6.33 Å². The molecule has 142 valence electrons. The van der Waals surface area contributed by atoms with Gasteiger partial charge < -0.3 is 16.4 Å². The highest BCUT2D eigenvalue weighted by Gasteiger charge is 2.15. The van der Waals surface area contributed by atoms with Gasteiger partial charge in [-0.3, -0.25) is 4.79 Å². The zero-order valence-electron chi connectivity index (χ0n) is 15.4. The molecular weight excluding hydrogens is 352 g/mol. The van der Waals surface area contributed by atoms with Crippen molar-refractivity contribution in [3.05, 3.63) is 54.4 Å². The summed E-state index contributed by atoms with van der Waals surface area (Å²) in [5.41, 5.74) is 7.94. The first-order chi connectivity index (χ1) is 13.7. The van der Waals surface area contributed by atoms with E-state index in [1.165, 1.54) is 6.42 Å². The van der Waals surface area contributed by atoms with E-state index in [0.29, 0.717) is 11.6 Å². The molecule has 1 aliphatic heterocycles. The summed E-state index contributed by atoms with van der Waals surface area (Å²) in [5.74, 6) is 0.884. The Morgan fingerprint density at radius 2 is 1.93 bits per heavy atom. The molecule has 1 aliphatic rings. The molecular formula is C21H22N6O. The van der Waals surface area contributed by atoms with E-state index in [2.05, 4.69) is 44.5 Å². The largest absolute Gasteiger partial charge is 0.372 e. The first kappa shape index (κ1) is 19.3. The van der Waals surface area contributed by atoms with Crippen LogP contribution in [0, 0.1) is 11.3 Å². The third-order valence-electron chi connectivity index (χ3n) is 4.62. The number of aromatic nitrogens is 2. The number of fused-ring (bicyclic) bond motifs is 1. The number of hydrogen-bond donors (Lipinski definition) is 3. The van der Waals surface area contributed by atoms with Crippen molar-refractivity contribution in [1.82, 2.24) is 15.3 Å². The van der Waals surface area contributed by atoms with Gasteiger partial charge in [0.2, 0.25) is 6.41 Å². The van der Waals surface area contributed by atoms with Gasteiger partial charge in [-0.05, 0) is 54.8 Å². The standard InChI is InChI=1S/C20H19N5.CH3NO/c21-11-14-3-5-15(6-4-14)16-7-8-19-18(10-16)20(24-13-23-19)25-17-2-1-9-22-12-17;2-1-3/h3-8,10,13,17,22H,1-2,9,12H2,(H,23,24,25);1H,(H2,2,3).